The molecule has 0 aliphatic heterocycles. The SMILES string of the molecule is CCCC(C#N)C(=O)O.O=C(S)c1ccccc1.O=C(S)c1ccccc1. The Morgan fingerprint density at radius 3 is 1.44 bits per heavy atom. The molecule has 0 spiro atoms. The number of carbonyl (C=O) groups is 3. The summed E-state index contributed by atoms with van der Waals surface area (Å²) in [5.41, 5.74) is 1.28. The topological polar surface area (TPSA) is 95.2 Å². The summed E-state index contributed by atoms with van der Waals surface area (Å²) in [4.78, 5) is 31.1. The van der Waals surface area contributed by atoms with E-state index in [0.29, 0.717) is 17.5 Å². The first-order valence-corrected chi connectivity index (χ1v) is 8.92. The van der Waals surface area contributed by atoms with E-state index in [9.17, 15) is 14.4 Å². The predicted octanol–water partition coefficient (Wildman–Crippen LogP) is 4.52. The summed E-state index contributed by atoms with van der Waals surface area (Å²) >= 11 is 7.30. The van der Waals surface area contributed by atoms with E-state index in [1.807, 2.05) is 43.3 Å². The standard InChI is InChI=1S/2C7H6OS.C6H9NO2/c2*8-7(9)6-4-2-1-3-5-6;1-2-3-5(4-7)6(8)9/h2*1-5H,(H,8,9);5H,2-3H2,1H3,(H,8,9). The van der Waals surface area contributed by atoms with Gasteiger partial charge in [-0.3, -0.25) is 14.4 Å². The van der Waals surface area contributed by atoms with E-state index >= 15 is 0 Å². The number of thiol groups is 2. The van der Waals surface area contributed by atoms with Crippen molar-refractivity contribution in [3.8, 4) is 6.07 Å². The molecule has 1 N–H and O–H groups in total. The summed E-state index contributed by atoms with van der Waals surface area (Å²) in [7, 11) is 0. The van der Waals surface area contributed by atoms with E-state index in [2.05, 4.69) is 25.3 Å². The molecule has 7 heteroatoms. The zero-order valence-corrected chi connectivity index (χ0v) is 16.6. The molecule has 2 aromatic carbocycles. The molecule has 1 atom stereocenters. The van der Waals surface area contributed by atoms with Crippen LogP contribution in [-0.4, -0.2) is 21.3 Å². The fourth-order valence-corrected chi connectivity index (χ4v) is 1.99. The smallest absolute Gasteiger partial charge is 0.320 e. The van der Waals surface area contributed by atoms with Crippen LogP contribution in [-0.2, 0) is 4.79 Å². The summed E-state index contributed by atoms with van der Waals surface area (Å²) in [5, 5.41) is 16.1. The zero-order chi connectivity index (χ0) is 20.7. The van der Waals surface area contributed by atoms with E-state index in [1.54, 1.807) is 30.3 Å². The lowest BCUT2D eigenvalue weighted by Gasteiger charge is -1.97. The Morgan fingerprint density at radius 1 is 0.926 bits per heavy atom. The molecule has 0 bridgehead atoms. The Balaban J connectivity index is 0.000000376. The number of hydrogen-bond acceptors (Lipinski definition) is 4. The summed E-state index contributed by atoms with van der Waals surface area (Å²) in [6.45, 7) is 1.85. The van der Waals surface area contributed by atoms with Gasteiger partial charge in [-0.15, -0.1) is 25.3 Å². The number of aliphatic carboxylic acids is 1. The minimum Gasteiger partial charge on any atom is -0.480 e. The Kier molecular flexibility index (Phi) is 13.2. The van der Waals surface area contributed by atoms with Gasteiger partial charge < -0.3 is 5.11 Å². The maximum Gasteiger partial charge on any atom is 0.320 e. The fourth-order valence-electron chi connectivity index (χ4n) is 1.69. The summed E-state index contributed by atoms with van der Waals surface area (Å²) < 4.78 is 0. The van der Waals surface area contributed by atoms with Crippen molar-refractivity contribution in [3.63, 3.8) is 0 Å². The molecule has 0 saturated heterocycles. The second kappa shape index (κ2) is 14.6. The van der Waals surface area contributed by atoms with Crippen LogP contribution in [0.25, 0.3) is 0 Å². The molecular formula is C20H21NO4S2. The molecule has 5 nitrogen and oxygen atoms in total. The van der Waals surface area contributed by atoms with Crippen LogP contribution >= 0.6 is 25.3 Å². The van der Waals surface area contributed by atoms with Gasteiger partial charge in [0.15, 0.2) is 0 Å². The molecule has 0 saturated carbocycles. The Bertz CT molecular complexity index is 709. The molecule has 1 unspecified atom stereocenters. The van der Waals surface area contributed by atoms with Gasteiger partial charge in [0.2, 0.25) is 10.2 Å². The average molecular weight is 404 g/mol. The maximum absolute atomic E-state index is 10.5. The van der Waals surface area contributed by atoms with E-state index in [0.717, 1.165) is 6.42 Å². The van der Waals surface area contributed by atoms with Crippen molar-refractivity contribution < 1.29 is 19.5 Å². The summed E-state index contributed by atoms with van der Waals surface area (Å²) in [6, 6.07) is 19.6. The lowest BCUT2D eigenvalue weighted by Crippen LogP contribution is -2.10. The van der Waals surface area contributed by atoms with Crippen molar-refractivity contribution in [2.75, 3.05) is 0 Å². The van der Waals surface area contributed by atoms with Crippen LogP contribution in [0.4, 0.5) is 0 Å². The highest BCUT2D eigenvalue weighted by molar-refractivity contribution is 7.97. The molecule has 0 amide bonds. The molecule has 2 rings (SSSR count). The lowest BCUT2D eigenvalue weighted by molar-refractivity contribution is -0.139. The summed E-state index contributed by atoms with van der Waals surface area (Å²) in [6.07, 6.45) is 1.19. The van der Waals surface area contributed by atoms with Crippen LogP contribution in [0.15, 0.2) is 60.7 Å². The Hall–Kier alpha value is -2.56. The van der Waals surface area contributed by atoms with Gasteiger partial charge >= 0.3 is 5.97 Å². The molecule has 27 heavy (non-hydrogen) atoms. The highest BCUT2D eigenvalue weighted by atomic mass is 32.1. The quantitative estimate of drug-likeness (QED) is 0.638. The molecule has 142 valence electrons. The molecular weight excluding hydrogens is 382 g/mol. The number of benzene rings is 2. The first-order chi connectivity index (χ1) is 12.8. The third-order valence-corrected chi connectivity index (χ3v) is 3.59. The van der Waals surface area contributed by atoms with Gasteiger partial charge in [-0.1, -0.05) is 74.0 Å². The van der Waals surface area contributed by atoms with Crippen LogP contribution in [0.3, 0.4) is 0 Å². The maximum atomic E-state index is 10.5. The largest absolute Gasteiger partial charge is 0.480 e. The van der Waals surface area contributed by atoms with Crippen molar-refractivity contribution in [1.82, 2.24) is 0 Å². The second-order valence-corrected chi connectivity index (χ2v) is 5.96. The van der Waals surface area contributed by atoms with Crippen molar-refractivity contribution in [3.05, 3.63) is 71.8 Å². The molecule has 0 aliphatic carbocycles. The molecule has 0 aromatic heterocycles. The summed E-state index contributed by atoms with van der Waals surface area (Å²) in [5.74, 6) is -1.82. The van der Waals surface area contributed by atoms with E-state index in [-0.39, 0.29) is 10.2 Å². The first-order valence-electron chi connectivity index (χ1n) is 8.02. The second-order valence-electron chi connectivity index (χ2n) is 5.15. The molecule has 0 aliphatic rings. The van der Waals surface area contributed by atoms with Gasteiger partial charge in [0.25, 0.3) is 0 Å². The third-order valence-electron chi connectivity index (χ3n) is 3.07. The number of carboxylic acid groups (broad SMARTS) is 1. The predicted molar refractivity (Wildman–Crippen MR) is 111 cm³/mol. The minimum absolute atomic E-state index is 0.185. The molecule has 0 fully saturated rings. The Morgan fingerprint density at radius 2 is 1.30 bits per heavy atom. The lowest BCUT2D eigenvalue weighted by atomic mass is 10.1. The van der Waals surface area contributed by atoms with E-state index < -0.39 is 11.9 Å². The highest BCUT2D eigenvalue weighted by Gasteiger charge is 2.13. The number of nitriles is 1. The van der Waals surface area contributed by atoms with E-state index in [4.69, 9.17) is 10.4 Å². The Labute approximate surface area is 169 Å². The van der Waals surface area contributed by atoms with Crippen LogP contribution in [0, 0.1) is 17.2 Å². The van der Waals surface area contributed by atoms with Gasteiger partial charge in [0, 0.05) is 11.1 Å². The number of hydrogen-bond donors (Lipinski definition) is 3. The van der Waals surface area contributed by atoms with Gasteiger partial charge in [-0.05, 0) is 6.42 Å². The third kappa shape index (κ3) is 11.6. The van der Waals surface area contributed by atoms with Crippen LogP contribution in [0.1, 0.15) is 40.5 Å². The van der Waals surface area contributed by atoms with Gasteiger partial charge in [-0.25, -0.2) is 0 Å². The van der Waals surface area contributed by atoms with Crippen molar-refractivity contribution in [2.24, 2.45) is 5.92 Å². The van der Waals surface area contributed by atoms with Crippen molar-refractivity contribution >= 4 is 41.5 Å². The van der Waals surface area contributed by atoms with Gasteiger partial charge in [-0.2, -0.15) is 5.26 Å². The first kappa shape index (κ1) is 24.4. The van der Waals surface area contributed by atoms with Crippen LogP contribution < -0.4 is 0 Å². The number of carbonyl (C=O) groups excluding carboxylic acids is 2. The monoisotopic (exact) mass is 403 g/mol. The molecule has 0 radical (unpaired) electrons. The van der Waals surface area contributed by atoms with Crippen molar-refractivity contribution in [1.29, 1.82) is 5.26 Å². The van der Waals surface area contributed by atoms with Crippen molar-refractivity contribution in [2.45, 2.75) is 19.8 Å². The minimum atomic E-state index is -1.01. The van der Waals surface area contributed by atoms with Gasteiger partial charge in [0.1, 0.15) is 5.92 Å². The number of rotatable bonds is 5. The van der Waals surface area contributed by atoms with Crippen LogP contribution in [0.5, 0.6) is 0 Å². The molecule has 0 heterocycles. The average Bonchev–Trinajstić information content (AvgIpc) is 2.68. The number of carboxylic acids is 1. The normalized spacial score (nSPS) is 10.0. The zero-order valence-electron chi connectivity index (χ0n) is 14.8. The fraction of sp³-hybridized carbons (Fsp3) is 0.200. The highest BCUT2D eigenvalue weighted by Crippen LogP contribution is 2.03. The van der Waals surface area contributed by atoms with Gasteiger partial charge in [0.05, 0.1) is 6.07 Å². The van der Waals surface area contributed by atoms with E-state index in [1.165, 1.54) is 0 Å². The molecule has 2 aromatic rings. The van der Waals surface area contributed by atoms with Crippen LogP contribution in [0.2, 0.25) is 0 Å². The number of nitrogens with zero attached hydrogens (tertiary/aromatic N) is 1.